The van der Waals surface area contributed by atoms with Gasteiger partial charge in [-0.2, -0.15) is 0 Å². The molecule has 3 fully saturated rings. The minimum absolute atomic E-state index is 0.0848. The molecule has 168 valence electrons. The molecule has 5 aliphatic rings. The van der Waals surface area contributed by atoms with Crippen LogP contribution in [0.1, 0.15) is 22.3 Å². The number of imide groups is 1. The number of allylic oxidation sites excluding steroid dienone is 2. The molecular formula is C27H26N2O4. The van der Waals surface area contributed by atoms with Crippen LogP contribution in [0.2, 0.25) is 0 Å². The third kappa shape index (κ3) is 3.04. The summed E-state index contributed by atoms with van der Waals surface area (Å²) in [5.41, 5.74) is 2.15. The Kier molecular flexibility index (Phi) is 4.47. The van der Waals surface area contributed by atoms with Crippen molar-refractivity contribution in [3.8, 4) is 5.75 Å². The van der Waals surface area contributed by atoms with E-state index >= 15 is 0 Å². The lowest BCUT2D eigenvalue weighted by Gasteiger charge is -2.37. The molecule has 7 rings (SSSR count). The van der Waals surface area contributed by atoms with E-state index in [1.807, 2.05) is 31.2 Å². The second kappa shape index (κ2) is 7.30. The molecule has 2 aromatic rings. The van der Waals surface area contributed by atoms with Crippen molar-refractivity contribution in [2.75, 3.05) is 18.7 Å². The fraction of sp³-hybridized carbons (Fsp3) is 0.370. The Hall–Kier alpha value is -3.41. The molecule has 4 aliphatic carbocycles. The van der Waals surface area contributed by atoms with Gasteiger partial charge in [-0.3, -0.25) is 24.2 Å². The number of benzene rings is 2. The Morgan fingerprint density at radius 1 is 1.00 bits per heavy atom. The van der Waals surface area contributed by atoms with Crippen molar-refractivity contribution in [2.45, 2.75) is 13.3 Å². The van der Waals surface area contributed by atoms with Gasteiger partial charge in [0, 0.05) is 11.3 Å². The molecule has 1 heterocycles. The number of carbonyl (C=O) groups excluding carboxylic acids is 3. The SMILES string of the molecule is COc1cccc(C(=O)N(CN2C(=O)[C@@H]3[C@H]4C=C[C@@H]([C@@H]5C[C@@H]45)[C@@H]3C2=O)c2ccc(C)cc2)c1. The molecule has 0 spiro atoms. The van der Waals surface area contributed by atoms with Crippen LogP contribution in [0.3, 0.4) is 0 Å². The molecule has 3 amide bonds. The van der Waals surface area contributed by atoms with Crippen LogP contribution in [0, 0.1) is 42.4 Å². The molecule has 1 aliphatic heterocycles. The third-order valence-electron chi connectivity index (χ3n) is 7.94. The van der Waals surface area contributed by atoms with E-state index in [-0.39, 0.29) is 48.1 Å². The van der Waals surface area contributed by atoms with E-state index < -0.39 is 0 Å². The number of aryl methyl sites for hydroxylation is 1. The molecule has 6 heteroatoms. The highest BCUT2D eigenvalue weighted by Crippen LogP contribution is 2.65. The molecule has 2 bridgehead atoms. The lowest BCUT2D eigenvalue weighted by Crippen LogP contribution is -2.45. The number of hydrogen-bond acceptors (Lipinski definition) is 4. The first-order valence-corrected chi connectivity index (χ1v) is 11.5. The topological polar surface area (TPSA) is 66.9 Å². The molecule has 0 radical (unpaired) electrons. The van der Waals surface area contributed by atoms with Crippen LogP contribution in [0.5, 0.6) is 5.75 Å². The zero-order valence-corrected chi connectivity index (χ0v) is 18.7. The number of anilines is 1. The first-order valence-electron chi connectivity index (χ1n) is 11.5. The quantitative estimate of drug-likeness (QED) is 0.524. The first kappa shape index (κ1) is 20.2. The minimum atomic E-state index is -0.280. The maximum Gasteiger partial charge on any atom is 0.259 e. The van der Waals surface area contributed by atoms with Gasteiger partial charge in [0.05, 0.1) is 18.9 Å². The summed E-state index contributed by atoms with van der Waals surface area (Å²) in [6.45, 7) is 1.89. The molecule has 6 nitrogen and oxygen atoms in total. The summed E-state index contributed by atoms with van der Waals surface area (Å²) in [5.74, 6) is 0.889. The second-order valence-corrected chi connectivity index (χ2v) is 9.70. The molecule has 1 saturated heterocycles. The van der Waals surface area contributed by atoms with Gasteiger partial charge in [-0.1, -0.05) is 35.9 Å². The van der Waals surface area contributed by atoms with Gasteiger partial charge < -0.3 is 4.74 Å². The summed E-state index contributed by atoms with van der Waals surface area (Å²) in [6, 6.07) is 14.5. The van der Waals surface area contributed by atoms with Crippen molar-refractivity contribution in [3.05, 3.63) is 71.8 Å². The average molecular weight is 443 g/mol. The summed E-state index contributed by atoms with van der Waals surface area (Å²) in [5, 5.41) is 0. The number of likely N-dealkylation sites (tertiary alicyclic amines) is 1. The van der Waals surface area contributed by atoms with Gasteiger partial charge in [-0.15, -0.1) is 0 Å². The predicted octanol–water partition coefficient (Wildman–Crippen LogP) is 3.66. The molecule has 0 aromatic heterocycles. The molecule has 0 N–H and O–H groups in total. The standard InChI is InChI=1S/C27H26N2O4/c1-15-6-8-17(9-7-15)28(25(30)16-4-3-5-18(12-16)33-2)14-29-26(31)23-19-10-11-20(22-13-21(19)22)24(23)27(29)32/h3-12,19-24H,13-14H2,1-2H3/t19-,20-,21-,22-,23-,24+/m0/s1. The van der Waals surface area contributed by atoms with Crippen LogP contribution >= 0.6 is 0 Å². The Labute approximate surface area is 192 Å². The van der Waals surface area contributed by atoms with Gasteiger partial charge in [-0.05, 0) is 67.3 Å². The first-order chi connectivity index (χ1) is 16.0. The Morgan fingerprint density at radius 2 is 1.64 bits per heavy atom. The van der Waals surface area contributed by atoms with Gasteiger partial charge in [0.1, 0.15) is 12.4 Å². The Balaban J connectivity index is 1.34. The number of ether oxygens (including phenoxy) is 1. The zero-order valence-electron chi connectivity index (χ0n) is 18.7. The second-order valence-electron chi connectivity index (χ2n) is 9.70. The number of amides is 3. The number of rotatable bonds is 5. The minimum Gasteiger partial charge on any atom is -0.497 e. The smallest absolute Gasteiger partial charge is 0.259 e. The number of methoxy groups -OCH3 is 1. The van der Waals surface area contributed by atoms with Gasteiger partial charge >= 0.3 is 0 Å². The monoisotopic (exact) mass is 442 g/mol. The van der Waals surface area contributed by atoms with E-state index in [2.05, 4.69) is 12.2 Å². The normalized spacial score (nSPS) is 30.8. The van der Waals surface area contributed by atoms with Crippen molar-refractivity contribution in [2.24, 2.45) is 35.5 Å². The molecule has 0 unspecified atom stereocenters. The van der Waals surface area contributed by atoms with Gasteiger partial charge in [0.25, 0.3) is 5.91 Å². The Morgan fingerprint density at radius 3 is 2.24 bits per heavy atom. The van der Waals surface area contributed by atoms with Crippen LogP contribution in [-0.4, -0.2) is 36.4 Å². The maximum atomic E-state index is 13.6. The van der Waals surface area contributed by atoms with Gasteiger partial charge in [0.2, 0.25) is 11.8 Å². The van der Waals surface area contributed by atoms with Crippen molar-refractivity contribution in [1.29, 1.82) is 0 Å². The number of nitrogens with zero attached hydrogens (tertiary/aromatic N) is 2. The van der Waals surface area contributed by atoms with E-state index in [9.17, 15) is 14.4 Å². The Bertz CT molecular complexity index is 1150. The highest BCUT2D eigenvalue weighted by atomic mass is 16.5. The van der Waals surface area contributed by atoms with E-state index in [4.69, 9.17) is 4.74 Å². The summed E-state index contributed by atoms with van der Waals surface area (Å²) < 4.78 is 5.29. The predicted molar refractivity (Wildman–Crippen MR) is 122 cm³/mol. The van der Waals surface area contributed by atoms with Crippen LogP contribution in [0.4, 0.5) is 5.69 Å². The van der Waals surface area contributed by atoms with Crippen molar-refractivity contribution in [3.63, 3.8) is 0 Å². The van der Waals surface area contributed by atoms with Crippen LogP contribution < -0.4 is 9.64 Å². The summed E-state index contributed by atoms with van der Waals surface area (Å²) in [6.07, 6.45) is 5.45. The number of hydrogen-bond donors (Lipinski definition) is 0. The van der Waals surface area contributed by atoms with E-state index in [0.29, 0.717) is 28.8 Å². The molecule has 2 aromatic carbocycles. The zero-order chi connectivity index (χ0) is 22.9. The van der Waals surface area contributed by atoms with E-state index in [1.165, 1.54) is 9.80 Å². The third-order valence-corrected chi connectivity index (χ3v) is 7.94. The largest absolute Gasteiger partial charge is 0.497 e. The van der Waals surface area contributed by atoms with Crippen LogP contribution in [0.25, 0.3) is 0 Å². The summed E-state index contributed by atoms with van der Waals surface area (Å²) in [4.78, 5) is 43.5. The number of carbonyl (C=O) groups is 3. The van der Waals surface area contributed by atoms with Crippen LogP contribution in [-0.2, 0) is 9.59 Å². The summed E-state index contributed by atoms with van der Waals surface area (Å²) in [7, 11) is 1.55. The van der Waals surface area contributed by atoms with Gasteiger partial charge in [-0.25, -0.2) is 0 Å². The molecule has 6 atom stereocenters. The van der Waals surface area contributed by atoms with E-state index in [1.54, 1.807) is 31.4 Å². The highest BCUT2D eigenvalue weighted by molar-refractivity contribution is 6.10. The lowest BCUT2D eigenvalue weighted by molar-refractivity contribution is -0.140. The van der Waals surface area contributed by atoms with Crippen molar-refractivity contribution >= 4 is 23.4 Å². The summed E-state index contributed by atoms with van der Waals surface area (Å²) >= 11 is 0. The van der Waals surface area contributed by atoms with E-state index in [0.717, 1.165) is 12.0 Å². The van der Waals surface area contributed by atoms with Crippen LogP contribution in [0.15, 0.2) is 60.7 Å². The van der Waals surface area contributed by atoms with Crippen molar-refractivity contribution < 1.29 is 19.1 Å². The molecule has 2 saturated carbocycles. The average Bonchev–Trinajstić information content (AvgIpc) is 3.63. The maximum absolute atomic E-state index is 13.6. The van der Waals surface area contributed by atoms with Gasteiger partial charge in [0.15, 0.2) is 0 Å². The molecular weight excluding hydrogens is 416 g/mol. The fourth-order valence-corrected chi connectivity index (χ4v) is 6.20. The fourth-order valence-electron chi connectivity index (χ4n) is 6.20. The molecule has 33 heavy (non-hydrogen) atoms. The highest BCUT2D eigenvalue weighted by Gasteiger charge is 2.67. The van der Waals surface area contributed by atoms with Crippen molar-refractivity contribution in [1.82, 2.24) is 4.90 Å². The lowest BCUT2D eigenvalue weighted by atomic mass is 9.63.